The minimum Gasteiger partial charge on any atom is -0.302 e. The van der Waals surface area contributed by atoms with Gasteiger partial charge < -0.3 is 5.32 Å². The number of carbonyl (C=O) groups is 3. The lowest BCUT2D eigenvalue weighted by molar-refractivity contribution is -0.116. The van der Waals surface area contributed by atoms with E-state index in [1.54, 1.807) is 24.3 Å². The quantitative estimate of drug-likeness (QED) is 0.698. The van der Waals surface area contributed by atoms with Crippen molar-refractivity contribution in [1.29, 1.82) is 0 Å². The highest BCUT2D eigenvalue weighted by Gasteiger charge is 2.35. The topological polar surface area (TPSA) is 79.4 Å². The normalized spacial score (nSPS) is 13.3. The molecule has 4 rings (SSSR count). The van der Waals surface area contributed by atoms with Crippen LogP contribution in [0.25, 0.3) is 10.2 Å². The van der Waals surface area contributed by atoms with Crippen LogP contribution in [0.15, 0.2) is 36.4 Å². The van der Waals surface area contributed by atoms with Gasteiger partial charge in [0.25, 0.3) is 11.8 Å². The number of nitrogens with zero attached hydrogens (tertiary/aromatic N) is 2. The smallest absolute Gasteiger partial charge is 0.261 e. The van der Waals surface area contributed by atoms with Gasteiger partial charge >= 0.3 is 0 Å². The Morgan fingerprint density at radius 3 is 2.44 bits per heavy atom. The van der Waals surface area contributed by atoms with Crippen LogP contribution in [-0.2, 0) is 4.79 Å². The number of nitrogens with one attached hydrogen (secondary N) is 1. The van der Waals surface area contributed by atoms with Crippen molar-refractivity contribution in [2.75, 3.05) is 11.9 Å². The summed E-state index contributed by atoms with van der Waals surface area (Å²) in [6.45, 7) is -0.0912. The number of halogens is 2. The molecule has 0 aliphatic carbocycles. The molecule has 0 saturated heterocycles. The molecule has 2 aromatic carbocycles. The van der Waals surface area contributed by atoms with E-state index >= 15 is 0 Å². The molecule has 27 heavy (non-hydrogen) atoms. The first kappa shape index (κ1) is 17.2. The third-order valence-electron chi connectivity index (χ3n) is 4.10. The molecule has 1 N–H and O–H groups in total. The Morgan fingerprint density at radius 2 is 1.78 bits per heavy atom. The molecule has 2 heterocycles. The van der Waals surface area contributed by atoms with Crippen LogP contribution in [0.4, 0.5) is 13.9 Å². The maximum absolute atomic E-state index is 13.7. The fraction of sp³-hybridized carbons (Fsp3) is 0.111. The van der Waals surface area contributed by atoms with Gasteiger partial charge in [0.05, 0.1) is 15.8 Å². The molecule has 6 nitrogen and oxygen atoms in total. The van der Waals surface area contributed by atoms with E-state index in [1.807, 2.05) is 0 Å². The maximum atomic E-state index is 13.7. The average Bonchev–Trinajstić information content (AvgIpc) is 3.13. The number of hydrogen-bond acceptors (Lipinski definition) is 5. The lowest BCUT2D eigenvalue weighted by Gasteiger charge is -2.12. The Kier molecular flexibility index (Phi) is 4.15. The zero-order chi connectivity index (χ0) is 19.1. The van der Waals surface area contributed by atoms with Gasteiger partial charge in [0, 0.05) is 19.0 Å². The summed E-state index contributed by atoms with van der Waals surface area (Å²) in [6, 6.07) is 8.29. The number of carbonyl (C=O) groups excluding carboxylic acids is 3. The average molecular weight is 387 g/mol. The predicted molar refractivity (Wildman–Crippen MR) is 94.6 cm³/mol. The van der Waals surface area contributed by atoms with E-state index in [0.717, 1.165) is 28.4 Å². The number of aromatic nitrogens is 1. The largest absolute Gasteiger partial charge is 0.302 e. The van der Waals surface area contributed by atoms with Crippen molar-refractivity contribution in [3.05, 3.63) is 59.2 Å². The number of benzene rings is 2. The second-order valence-corrected chi connectivity index (χ2v) is 6.89. The Bertz CT molecular complexity index is 1080. The van der Waals surface area contributed by atoms with Gasteiger partial charge in [-0.2, -0.15) is 0 Å². The van der Waals surface area contributed by atoms with E-state index in [0.29, 0.717) is 11.1 Å². The summed E-state index contributed by atoms with van der Waals surface area (Å²) in [7, 11) is 0. The van der Waals surface area contributed by atoms with Crippen molar-refractivity contribution in [3.8, 4) is 0 Å². The van der Waals surface area contributed by atoms with E-state index in [4.69, 9.17) is 0 Å². The van der Waals surface area contributed by atoms with Crippen LogP contribution in [-0.4, -0.2) is 34.2 Å². The van der Waals surface area contributed by atoms with E-state index < -0.39 is 29.4 Å². The molecule has 9 heteroatoms. The maximum Gasteiger partial charge on any atom is 0.261 e. The molecule has 136 valence electrons. The number of hydrogen-bond donors (Lipinski definition) is 1. The number of rotatable bonds is 4. The Balaban J connectivity index is 1.43. The molecule has 0 unspecified atom stereocenters. The Morgan fingerprint density at radius 1 is 1.11 bits per heavy atom. The van der Waals surface area contributed by atoms with Crippen LogP contribution >= 0.6 is 11.3 Å². The summed E-state index contributed by atoms with van der Waals surface area (Å²) < 4.78 is 27.2. The van der Waals surface area contributed by atoms with Crippen LogP contribution in [0.3, 0.4) is 0 Å². The molecule has 0 saturated carbocycles. The van der Waals surface area contributed by atoms with Crippen molar-refractivity contribution in [2.45, 2.75) is 6.42 Å². The molecule has 1 aromatic heterocycles. The summed E-state index contributed by atoms with van der Waals surface area (Å²) in [6.07, 6.45) is -0.141. The Labute approximate surface area is 155 Å². The SMILES string of the molecule is O=C(CCN1C(=O)c2ccccc2C1=O)Nc1nc2c(F)cc(F)cc2s1. The lowest BCUT2D eigenvalue weighted by atomic mass is 10.1. The van der Waals surface area contributed by atoms with Gasteiger partial charge in [0.2, 0.25) is 5.91 Å². The first-order valence-electron chi connectivity index (χ1n) is 7.94. The number of imide groups is 1. The molecular weight excluding hydrogens is 376 g/mol. The van der Waals surface area contributed by atoms with E-state index in [9.17, 15) is 23.2 Å². The van der Waals surface area contributed by atoms with Gasteiger partial charge in [0.15, 0.2) is 10.9 Å². The van der Waals surface area contributed by atoms with Gasteiger partial charge in [-0.3, -0.25) is 19.3 Å². The zero-order valence-electron chi connectivity index (χ0n) is 13.7. The van der Waals surface area contributed by atoms with E-state index in [2.05, 4.69) is 10.3 Å². The monoisotopic (exact) mass is 387 g/mol. The van der Waals surface area contributed by atoms with Crippen LogP contribution in [0.1, 0.15) is 27.1 Å². The third kappa shape index (κ3) is 3.06. The number of thiazole rings is 1. The molecule has 0 atom stereocenters. The minimum absolute atomic E-state index is 0.0305. The lowest BCUT2D eigenvalue weighted by Crippen LogP contribution is -2.32. The van der Waals surface area contributed by atoms with Crippen LogP contribution < -0.4 is 5.32 Å². The van der Waals surface area contributed by atoms with Crippen molar-refractivity contribution in [2.24, 2.45) is 0 Å². The van der Waals surface area contributed by atoms with E-state index in [-0.39, 0.29) is 28.3 Å². The molecular formula is C18H11F2N3O3S. The van der Waals surface area contributed by atoms with Crippen molar-refractivity contribution < 1.29 is 23.2 Å². The molecule has 0 fully saturated rings. The molecule has 0 bridgehead atoms. The second-order valence-electron chi connectivity index (χ2n) is 5.86. The number of anilines is 1. The highest BCUT2D eigenvalue weighted by molar-refractivity contribution is 7.22. The van der Waals surface area contributed by atoms with Gasteiger partial charge in [-0.05, 0) is 18.2 Å². The second kappa shape index (κ2) is 6.51. The fourth-order valence-corrected chi connectivity index (χ4v) is 3.77. The summed E-state index contributed by atoms with van der Waals surface area (Å²) in [5.74, 6) is -2.92. The van der Waals surface area contributed by atoms with E-state index in [1.165, 1.54) is 0 Å². The summed E-state index contributed by atoms with van der Waals surface area (Å²) in [4.78, 5) is 41.6. The predicted octanol–water partition coefficient (Wildman–Crippen LogP) is 3.20. The van der Waals surface area contributed by atoms with Gasteiger partial charge in [-0.15, -0.1) is 0 Å². The summed E-state index contributed by atoms with van der Waals surface area (Å²) >= 11 is 0.932. The molecule has 0 radical (unpaired) electrons. The minimum atomic E-state index is -0.812. The molecule has 3 amide bonds. The number of amides is 3. The first-order chi connectivity index (χ1) is 12.9. The fourth-order valence-electron chi connectivity index (χ4n) is 2.85. The molecule has 0 spiro atoms. The Hall–Kier alpha value is -3.20. The van der Waals surface area contributed by atoms with Gasteiger partial charge in [-0.1, -0.05) is 23.5 Å². The highest BCUT2D eigenvalue weighted by atomic mass is 32.1. The standard InChI is InChI=1S/C18H11F2N3O3S/c19-9-7-12(20)15-13(8-9)27-18(22-15)21-14(24)5-6-23-16(25)10-3-1-2-4-11(10)17(23)26/h1-4,7-8H,5-6H2,(H,21,22,24). The zero-order valence-corrected chi connectivity index (χ0v) is 14.5. The highest BCUT2D eigenvalue weighted by Crippen LogP contribution is 2.29. The number of fused-ring (bicyclic) bond motifs is 2. The molecule has 1 aliphatic rings. The van der Waals surface area contributed by atoms with Crippen molar-refractivity contribution in [1.82, 2.24) is 9.88 Å². The third-order valence-corrected chi connectivity index (χ3v) is 5.02. The van der Waals surface area contributed by atoms with Crippen LogP contribution in [0.5, 0.6) is 0 Å². The van der Waals surface area contributed by atoms with Crippen LogP contribution in [0.2, 0.25) is 0 Å². The van der Waals surface area contributed by atoms with Crippen molar-refractivity contribution in [3.63, 3.8) is 0 Å². The van der Waals surface area contributed by atoms with Crippen LogP contribution in [0, 0.1) is 11.6 Å². The van der Waals surface area contributed by atoms with Crippen molar-refractivity contribution >= 4 is 44.4 Å². The summed E-state index contributed by atoms with van der Waals surface area (Å²) in [5.41, 5.74) is 0.593. The van der Waals surface area contributed by atoms with Gasteiger partial charge in [0.1, 0.15) is 11.3 Å². The van der Waals surface area contributed by atoms with Gasteiger partial charge in [-0.25, -0.2) is 13.8 Å². The first-order valence-corrected chi connectivity index (χ1v) is 8.76. The summed E-state index contributed by atoms with van der Waals surface area (Å²) in [5, 5.41) is 2.60. The molecule has 1 aliphatic heterocycles. The molecule has 3 aromatic rings.